The summed E-state index contributed by atoms with van der Waals surface area (Å²) in [6.07, 6.45) is 5.00. The van der Waals surface area contributed by atoms with E-state index < -0.39 is 11.9 Å². The molecule has 134 valence electrons. The molecular weight excluding hydrogens is 352 g/mol. The zero-order valence-corrected chi connectivity index (χ0v) is 15.2. The van der Waals surface area contributed by atoms with Gasteiger partial charge in [-0.25, -0.2) is 9.78 Å². The Kier molecular flexibility index (Phi) is 5.22. The number of carbonyl (C=O) groups excluding carboxylic acids is 1. The molecule has 2 N–H and O–H groups in total. The van der Waals surface area contributed by atoms with Crippen molar-refractivity contribution in [2.45, 2.75) is 18.0 Å². The molecule has 0 fully saturated rings. The highest BCUT2D eigenvalue weighted by Gasteiger charge is 2.36. The Hall–Kier alpha value is -2.87. The highest BCUT2D eigenvalue weighted by molar-refractivity contribution is 7.99. The predicted molar refractivity (Wildman–Crippen MR) is 100 cm³/mol. The van der Waals surface area contributed by atoms with Gasteiger partial charge in [-0.2, -0.15) is 0 Å². The van der Waals surface area contributed by atoms with Crippen LogP contribution in [-0.4, -0.2) is 33.8 Å². The lowest BCUT2D eigenvalue weighted by Gasteiger charge is -2.28. The monoisotopic (exact) mass is 370 g/mol. The van der Waals surface area contributed by atoms with Crippen molar-refractivity contribution < 1.29 is 9.53 Å². The van der Waals surface area contributed by atoms with Gasteiger partial charge in [-0.05, 0) is 18.6 Å². The highest BCUT2D eigenvalue weighted by Crippen LogP contribution is 2.39. The average Bonchev–Trinajstić information content (AvgIpc) is 2.65. The van der Waals surface area contributed by atoms with Gasteiger partial charge < -0.3 is 15.0 Å². The largest absolute Gasteiger partial charge is 0.466 e. The van der Waals surface area contributed by atoms with E-state index in [9.17, 15) is 9.59 Å². The fraction of sp³-hybridized carbons (Fsp3) is 0.222. The molecule has 0 spiro atoms. The summed E-state index contributed by atoms with van der Waals surface area (Å²) in [4.78, 5) is 36.6. The van der Waals surface area contributed by atoms with Crippen molar-refractivity contribution in [3.8, 4) is 0 Å². The van der Waals surface area contributed by atoms with Gasteiger partial charge in [-0.15, -0.1) is 6.58 Å². The number of carbonyl (C=O) groups is 1. The summed E-state index contributed by atoms with van der Waals surface area (Å²) in [5, 5.41) is 3.56. The van der Waals surface area contributed by atoms with Gasteiger partial charge in [0.25, 0.3) is 5.56 Å². The Labute approximate surface area is 154 Å². The Morgan fingerprint density at radius 2 is 2.31 bits per heavy atom. The first-order valence-electron chi connectivity index (χ1n) is 7.90. The lowest BCUT2D eigenvalue weighted by molar-refractivity contribution is -0.136. The number of aromatic amines is 1. The second-order valence-electron chi connectivity index (χ2n) is 5.61. The van der Waals surface area contributed by atoms with Crippen LogP contribution in [-0.2, 0) is 9.53 Å². The molecule has 0 bridgehead atoms. The molecule has 1 atom stereocenters. The van der Waals surface area contributed by atoms with Crippen LogP contribution in [0, 0.1) is 0 Å². The van der Waals surface area contributed by atoms with Gasteiger partial charge >= 0.3 is 5.97 Å². The summed E-state index contributed by atoms with van der Waals surface area (Å²) < 4.78 is 4.94. The molecule has 1 aliphatic heterocycles. The Balaban J connectivity index is 2.20. The van der Waals surface area contributed by atoms with Gasteiger partial charge in [0.2, 0.25) is 0 Å². The SMILES string of the molecule is C=CCSc1nc2c(c(=O)[nH]1)[C@H](c1cccnc1)C(C(=O)OC)=C(C)N2. The molecule has 0 unspecified atom stereocenters. The van der Waals surface area contributed by atoms with Crippen molar-refractivity contribution in [1.82, 2.24) is 15.0 Å². The minimum absolute atomic E-state index is 0.309. The van der Waals surface area contributed by atoms with E-state index >= 15 is 0 Å². The van der Waals surface area contributed by atoms with Crippen LogP contribution in [0.4, 0.5) is 5.82 Å². The lowest BCUT2D eigenvalue weighted by Crippen LogP contribution is -2.31. The molecule has 26 heavy (non-hydrogen) atoms. The zero-order valence-electron chi connectivity index (χ0n) is 14.4. The van der Waals surface area contributed by atoms with Crippen LogP contribution >= 0.6 is 11.8 Å². The van der Waals surface area contributed by atoms with Crippen molar-refractivity contribution in [3.63, 3.8) is 0 Å². The van der Waals surface area contributed by atoms with Crippen molar-refractivity contribution in [1.29, 1.82) is 0 Å². The van der Waals surface area contributed by atoms with Crippen LogP contribution in [0.2, 0.25) is 0 Å². The first-order chi connectivity index (χ1) is 12.6. The van der Waals surface area contributed by atoms with Gasteiger partial charge in [0.1, 0.15) is 5.82 Å². The fourth-order valence-corrected chi connectivity index (χ4v) is 3.49. The molecule has 1 aliphatic rings. The van der Waals surface area contributed by atoms with Crippen molar-refractivity contribution in [3.05, 3.63) is 69.9 Å². The molecule has 8 heteroatoms. The number of nitrogens with zero attached hydrogens (tertiary/aromatic N) is 2. The summed E-state index contributed by atoms with van der Waals surface area (Å²) in [5.41, 5.74) is 1.74. The molecule has 2 aromatic rings. The number of allylic oxidation sites excluding steroid dienone is 1. The quantitative estimate of drug-likeness (QED) is 0.361. The van der Waals surface area contributed by atoms with E-state index in [2.05, 4.69) is 26.8 Å². The molecular formula is C18H18N4O3S. The summed E-state index contributed by atoms with van der Waals surface area (Å²) in [6, 6.07) is 3.58. The van der Waals surface area contributed by atoms with E-state index in [1.54, 1.807) is 31.5 Å². The second-order valence-corrected chi connectivity index (χ2v) is 6.62. The lowest BCUT2D eigenvalue weighted by atomic mass is 9.83. The number of nitrogens with one attached hydrogen (secondary N) is 2. The Morgan fingerprint density at radius 3 is 2.96 bits per heavy atom. The first kappa shape index (κ1) is 17.9. The minimum atomic E-state index is -0.609. The van der Waals surface area contributed by atoms with E-state index in [1.165, 1.54) is 18.9 Å². The minimum Gasteiger partial charge on any atom is -0.466 e. The standard InChI is InChI=1S/C18H18N4O3S/c1-4-8-26-18-21-15-14(16(23)22-18)13(11-6-5-7-19-9-11)12(10(2)20-15)17(24)25-3/h4-7,9,13H,1,8H2,2-3H3,(H2,20,21,22,23)/t13-/m1/s1. The topological polar surface area (TPSA) is 97.0 Å². The smallest absolute Gasteiger partial charge is 0.336 e. The molecule has 0 amide bonds. The molecule has 2 aromatic heterocycles. The van der Waals surface area contributed by atoms with E-state index in [4.69, 9.17) is 4.74 Å². The van der Waals surface area contributed by atoms with Crippen LogP contribution in [0.3, 0.4) is 0 Å². The number of esters is 1. The van der Waals surface area contributed by atoms with Gasteiger partial charge in [0.15, 0.2) is 5.16 Å². The summed E-state index contributed by atoms with van der Waals surface area (Å²) in [7, 11) is 1.32. The van der Waals surface area contributed by atoms with Crippen molar-refractivity contribution >= 4 is 23.5 Å². The maximum atomic E-state index is 12.8. The number of hydrogen-bond acceptors (Lipinski definition) is 7. The van der Waals surface area contributed by atoms with Crippen LogP contribution in [0.15, 0.2) is 58.4 Å². The molecule has 0 saturated carbocycles. The van der Waals surface area contributed by atoms with Crippen LogP contribution in [0.1, 0.15) is 24.0 Å². The number of H-pyrrole nitrogens is 1. The zero-order chi connectivity index (χ0) is 18.7. The summed E-state index contributed by atoms with van der Waals surface area (Å²) >= 11 is 1.37. The molecule has 0 saturated heterocycles. The van der Waals surface area contributed by atoms with Crippen LogP contribution < -0.4 is 10.9 Å². The van der Waals surface area contributed by atoms with Crippen molar-refractivity contribution in [2.75, 3.05) is 18.2 Å². The van der Waals surface area contributed by atoms with Gasteiger partial charge in [0, 0.05) is 23.8 Å². The predicted octanol–water partition coefficient (Wildman–Crippen LogP) is 2.45. The third-order valence-electron chi connectivity index (χ3n) is 3.98. The molecule has 0 aliphatic carbocycles. The molecule has 3 rings (SSSR count). The van der Waals surface area contributed by atoms with E-state index in [-0.39, 0.29) is 5.56 Å². The Bertz CT molecular complexity index is 937. The van der Waals surface area contributed by atoms with Crippen molar-refractivity contribution in [2.24, 2.45) is 0 Å². The third kappa shape index (κ3) is 3.28. The fourth-order valence-electron chi connectivity index (χ4n) is 2.90. The second kappa shape index (κ2) is 7.57. The van der Waals surface area contributed by atoms with Crippen LogP contribution in [0.5, 0.6) is 0 Å². The number of methoxy groups -OCH3 is 1. The van der Waals surface area contributed by atoms with Gasteiger partial charge in [0.05, 0.1) is 24.2 Å². The molecule has 7 nitrogen and oxygen atoms in total. The molecule has 0 aromatic carbocycles. The number of rotatable bonds is 5. The number of anilines is 1. The number of ether oxygens (including phenoxy) is 1. The molecule has 3 heterocycles. The normalized spacial score (nSPS) is 15.8. The number of thioether (sulfide) groups is 1. The number of aromatic nitrogens is 3. The van der Waals surface area contributed by atoms with E-state index in [0.29, 0.717) is 39.1 Å². The summed E-state index contributed by atoms with van der Waals surface area (Å²) in [6.45, 7) is 5.43. The molecule has 0 radical (unpaired) electrons. The maximum absolute atomic E-state index is 12.8. The van der Waals surface area contributed by atoms with Gasteiger partial charge in [-0.3, -0.25) is 9.78 Å². The Morgan fingerprint density at radius 1 is 1.50 bits per heavy atom. The van der Waals surface area contributed by atoms with E-state index in [1.807, 2.05) is 6.07 Å². The first-order valence-corrected chi connectivity index (χ1v) is 8.89. The summed E-state index contributed by atoms with van der Waals surface area (Å²) in [5.74, 6) is -0.0591. The maximum Gasteiger partial charge on any atom is 0.336 e. The average molecular weight is 370 g/mol. The number of fused-ring (bicyclic) bond motifs is 1. The third-order valence-corrected chi connectivity index (χ3v) is 4.85. The van der Waals surface area contributed by atoms with E-state index in [0.717, 1.165) is 0 Å². The number of hydrogen-bond donors (Lipinski definition) is 2. The van der Waals surface area contributed by atoms with Gasteiger partial charge in [-0.1, -0.05) is 23.9 Å². The highest BCUT2D eigenvalue weighted by atomic mass is 32.2. The number of pyridine rings is 1. The van der Waals surface area contributed by atoms with Crippen LogP contribution in [0.25, 0.3) is 0 Å².